The molecule has 2 rings (SSSR count). The van der Waals surface area contributed by atoms with Crippen LogP contribution in [0.1, 0.15) is 11.1 Å². The summed E-state index contributed by atoms with van der Waals surface area (Å²) < 4.78 is 27.0. The molecule has 0 amide bonds. The first-order valence-corrected chi connectivity index (χ1v) is 6.29. The Bertz CT molecular complexity index is 550. The van der Waals surface area contributed by atoms with Crippen molar-refractivity contribution in [2.24, 2.45) is 0 Å². The summed E-state index contributed by atoms with van der Waals surface area (Å²) in [6.07, 6.45) is 0.697. The van der Waals surface area contributed by atoms with Gasteiger partial charge in [-0.25, -0.2) is 8.78 Å². The molecule has 5 heteroatoms. The Morgan fingerprint density at radius 2 is 2.00 bits per heavy atom. The van der Waals surface area contributed by atoms with E-state index < -0.39 is 11.6 Å². The van der Waals surface area contributed by atoms with Gasteiger partial charge in [-0.05, 0) is 40.9 Å². The van der Waals surface area contributed by atoms with Crippen LogP contribution in [0.3, 0.4) is 0 Å². The monoisotopic (exact) mass is 264 g/mol. The van der Waals surface area contributed by atoms with Crippen molar-refractivity contribution in [2.45, 2.75) is 6.42 Å². The smallest absolute Gasteiger partial charge is 0.150 e. The van der Waals surface area contributed by atoms with Crippen LogP contribution in [0.25, 0.3) is 0 Å². The van der Waals surface area contributed by atoms with E-state index in [0.29, 0.717) is 13.0 Å². The molecule has 0 aliphatic rings. The third kappa shape index (κ3) is 2.84. The lowest BCUT2D eigenvalue weighted by Gasteiger charge is -2.08. The van der Waals surface area contributed by atoms with Crippen LogP contribution in [-0.2, 0) is 6.42 Å². The fourth-order valence-corrected chi connectivity index (χ4v) is 2.28. The van der Waals surface area contributed by atoms with Crippen molar-refractivity contribution in [1.82, 2.24) is 0 Å². The van der Waals surface area contributed by atoms with Crippen molar-refractivity contribution in [3.05, 3.63) is 51.7 Å². The van der Waals surface area contributed by atoms with Gasteiger partial charge >= 0.3 is 0 Å². The lowest BCUT2D eigenvalue weighted by molar-refractivity contribution is 0.587. The van der Waals surface area contributed by atoms with Crippen LogP contribution in [0.5, 0.6) is 0 Å². The van der Waals surface area contributed by atoms with Crippen molar-refractivity contribution in [1.29, 1.82) is 5.26 Å². The number of rotatable bonds is 4. The fraction of sp³-hybridized carbons (Fsp3) is 0.154. The molecule has 92 valence electrons. The molecule has 2 nitrogen and oxygen atoms in total. The van der Waals surface area contributed by atoms with Crippen molar-refractivity contribution < 1.29 is 8.78 Å². The molecule has 0 aliphatic carbocycles. The first-order valence-electron chi connectivity index (χ1n) is 5.35. The molecule has 0 radical (unpaired) electrons. The third-order valence-corrected chi connectivity index (χ3v) is 3.20. The Morgan fingerprint density at radius 3 is 2.56 bits per heavy atom. The lowest BCUT2D eigenvalue weighted by Crippen LogP contribution is -2.08. The summed E-state index contributed by atoms with van der Waals surface area (Å²) in [5.41, 5.74) is 0.930. The standard InChI is InChI=1S/C13H10F2N2S/c14-11-5-10(7-16)6-12(15)13(11)17-3-1-9-2-4-18-8-9/h2,4-6,8,17H,1,3H2. The van der Waals surface area contributed by atoms with Crippen molar-refractivity contribution >= 4 is 17.0 Å². The molecular weight excluding hydrogens is 254 g/mol. The molecule has 0 saturated carbocycles. The molecule has 0 fully saturated rings. The van der Waals surface area contributed by atoms with Crippen molar-refractivity contribution in [3.63, 3.8) is 0 Å². The van der Waals surface area contributed by atoms with E-state index in [9.17, 15) is 8.78 Å². The predicted molar refractivity (Wildman–Crippen MR) is 67.6 cm³/mol. The van der Waals surface area contributed by atoms with Gasteiger partial charge in [0.2, 0.25) is 0 Å². The van der Waals surface area contributed by atoms with Gasteiger partial charge in [-0.2, -0.15) is 16.6 Å². The SMILES string of the molecule is N#Cc1cc(F)c(NCCc2ccsc2)c(F)c1. The number of hydrogen-bond acceptors (Lipinski definition) is 3. The van der Waals surface area contributed by atoms with Crippen LogP contribution in [0.4, 0.5) is 14.5 Å². The van der Waals surface area contributed by atoms with E-state index >= 15 is 0 Å². The molecule has 0 atom stereocenters. The second-order valence-corrected chi connectivity index (χ2v) is 4.52. The number of halogens is 2. The summed E-state index contributed by atoms with van der Waals surface area (Å²) in [5, 5.41) is 15.2. The van der Waals surface area contributed by atoms with Gasteiger partial charge in [0, 0.05) is 6.54 Å². The minimum Gasteiger partial charge on any atom is -0.380 e. The van der Waals surface area contributed by atoms with Crippen molar-refractivity contribution in [2.75, 3.05) is 11.9 Å². The highest BCUT2D eigenvalue weighted by molar-refractivity contribution is 7.07. The van der Waals surface area contributed by atoms with Gasteiger partial charge in [-0.1, -0.05) is 0 Å². The maximum atomic E-state index is 13.5. The number of nitrogens with zero attached hydrogens (tertiary/aromatic N) is 1. The van der Waals surface area contributed by atoms with Crippen molar-refractivity contribution in [3.8, 4) is 6.07 Å². The second kappa shape index (κ2) is 5.61. The molecule has 0 aliphatic heterocycles. The average molecular weight is 264 g/mol. The third-order valence-electron chi connectivity index (χ3n) is 2.47. The van der Waals surface area contributed by atoms with Crippen LogP contribution in [0, 0.1) is 23.0 Å². The molecule has 0 saturated heterocycles. The molecule has 0 spiro atoms. The second-order valence-electron chi connectivity index (χ2n) is 3.74. The maximum Gasteiger partial charge on any atom is 0.150 e. The van der Waals surface area contributed by atoms with Crippen LogP contribution >= 0.6 is 11.3 Å². The minimum absolute atomic E-state index is 0.0200. The molecule has 0 bridgehead atoms. The summed E-state index contributed by atoms with van der Waals surface area (Å²) in [4.78, 5) is 0. The van der Waals surface area contributed by atoms with Crippen LogP contribution in [-0.4, -0.2) is 6.54 Å². The van der Waals surface area contributed by atoms with E-state index in [1.807, 2.05) is 16.8 Å². The molecule has 0 unspecified atom stereocenters. The average Bonchev–Trinajstić information content (AvgIpc) is 2.85. The highest BCUT2D eigenvalue weighted by Crippen LogP contribution is 2.20. The zero-order chi connectivity index (χ0) is 13.0. The van der Waals surface area contributed by atoms with E-state index in [-0.39, 0.29) is 11.3 Å². The lowest BCUT2D eigenvalue weighted by atomic mass is 10.2. The largest absolute Gasteiger partial charge is 0.380 e. The molecule has 1 aromatic heterocycles. The number of hydrogen-bond donors (Lipinski definition) is 1. The van der Waals surface area contributed by atoms with Crippen LogP contribution in [0.2, 0.25) is 0 Å². The van der Waals surface area contributed by atoms with Gasteiger partial charge in [0.05, 0.1) is 11.6 Å². The molecule has 1 heterocycles. The topological polar surface area (TPSA) is 35.8 Å². The first-order chi connectivity index (χ1) is 8.70. The van der Waals surface area contributed by atoms with E-state index in [2.05, 4.69) is 5.32 Å². The van der Waals surface area contributed by atoms with Crippen LogP contribution in [0.15, 0.2) is 29.0 Å². The minimum atomic E-state index is -0.739. The Hall–Kier alpha value is -1.93. The van der Waals surface area contributed by atoms with Gasteiger partial charge < -0.3 is 5.32 Å². The van der Waals surface area contributed by atoms with Gasteiger partial charge in [-0.15, -0.1) is 0 Å². The number of thiophene rings is 1. The Kier molecular flexibility index (Phi) is 3.90. The Labute approximate surface area is 107 Å². The summed E-state index contributed by atoms with van der Waals surface area (Å²) in [6.45, 7) is 0.441. The number of nitrogens with one attached hydrogen (secondary N) is 1. The fourth-order valence-electron chi connectivity index (χ4n) is 1.57. The number of benzene rings is 1. The predicted octanol–water partition coefficient (Wildman–Crippen LogP) is 3.55. The quantitative estimate of drug-likeness (QED) is 0.916. The maximum absolute atomic E-state index is 13.5. The highest BCUT2D eigenvalue weighted by Gasteiger charge is 2.10. The molecular formula is C13H10F2N2S. The normalized spacial score (nSPS) is 10.1. The number of anilines is 1. The van der Waals surface area contributed by atoms with Gasteiger partial charge in [0.1, 0.15) is 5.69 Å². The Morgan fingerprint density at radius 1 is 1.28 bits per heavy atom. The highest BCUT2D eigenvalue weighted by atomic mass is 32.1. The Balaban J connectivity index is 2.03. The summed E-state index contributed by atoms with van der Waals surface area (Å²) in [6, 6.07) is 5.73. The summed E-state index contributed by atoms with van der Waals surface area (Å²) >= 11 is 1.59. The van der Waals surface area contributed by atoms with Gasteiger partial charge in [0.25, 0.3) is 0 Å². The van der Waals surface area contributed by atoms with E-state index in [1.54, 1.807) is 17.4 Å². The molecule has 2 aromatic rings. The number of nitriles is 1. The van der Waals surface area contributed by atoms with E-state index in [4.69, 9.17) is 5.26 Å². The molecule has 18 heavy (non-hydrogen) atoms. The summed E-state index contributed by atoms with van der Waals surface area (Å²) in [5.74, 6) is -1.48. The van der Waals surface area contributed by atoms with E-state index in [1.165, 1.54) is 0 Å². The molecule has 1 aromatic carbocycles. The van der Waals surface area contributed by atoms with Gasteiger partial charge in [0.15, 0.2) is 11.6 Å². The van der Waals surface area contributed by atoms with Crippen LogP contribution < -0.4 is 5.32 Å². The van der Waals surface area contributed by atoms with Gasteiger partial charge in [-0.3, -0.25) is 0 Å². The first kappa shape index (κ1) is 12.5. The molecule has 1 N–H and O–H groups in total. The summed E-state index contributed by atoms with van der Waals surface area (Å²) in [7, 11) is 0. The van der Waals surface area contributed by atoms with E-state index in [0.717, 1.165) is 17.7 Å². The zero-order valence-electron chi connectivity index (χ0n) is 9.41. The zero-order valence-corrected chi connectivity index (χ0v) is 10.2.